The fourth-order valence-corrected chi connectivity index (χ4v) is 3.18. The molecule has 2 unspecified atom stereocenters. The van der Waals surface area contributed by atoms with Crippen LogP contribution < -0.4 is 5.32 Å². The molecule has 1 aromatic carbocycles. The molecule has 4 heteroatoms. The molecule has 0 saturated carbocycles. The first kappa shape index (κ1) is 17.0. The van der Waals surface area contributed by atoms with E-state index < -0.39 is 5.97 Å². The summed E-state index contributed by atoms with van der Waals surface area (Å²) >= 11 is 0. The van der Waals surface area contributed by atoms with Crippen LogP contribution in [0.5, 0.6) is 0 Å². The zero-order chi connectivity index (χ0) is 16.2. The van der Waals surface area contributed by atoms with Crippen molar-refractivity contribution in [3.63, 3.8) is 0 Å². The highest BCUT2D eigenvalue weighted by Gasteiger charge is 2.34. The molecule has 0 aliphatic carbocycles. The smallest absolute Gasteiger partial charge is 0.335 e. The monoisotopic (exact) mass is 305 g/mol. The second-order valence-electron chi connectivity index (χ2n) is 7.19. The van der Waals surface area contributed by atoms with Gasteiger partial charge in [0.2, 0.25) is 0 Å². The van der Waals surface area contributed by atoms with Crippen LogP contribution in [0.2, 0.25) is 0 Å². The van der Waals surface area contributed by atoms with Gasteiger partial charge in [-0.05, 0) is 41.9 Å². The molecule has 0 bridgehead atoms. The average molecular weight is 305 g/mol. The van der Waals surface area contributed by atoms with Gasteiger partial charge in [-0.15, -0.1) is 0 Å². The largest absolute Gasteiger partial charge is 0.478 e. The van der Waals surface area contributed by atoms with E-state index in [9.17, 15) is 4.79 Å². The number of hydrogen-bond acceptors (Lipinski definition) is 3. The molecule has 0 radical (unpaired) electrons. The van der Waals surface area contributed by atoms with Gasteiger partial charge in [0, 0.05) is 19.7 Å². The molecule has 0 aromatic heterocycles. The summed E-state index contributed by atoms with van der Waals surface area (Å²) in [6.07, 6.45) is 2.63. The number of carbonyl (C=O) groups is 1. The Balaban J connectivity index is 1.85. The summed E-state index contributed by atoms with van der Waals surface area (Å²) in [4.78, 5) is 10.8. The highest BCUT2D eigenvalue weighted by atomic mass is 16.5. The molecule has 2 rings (SSSR count). The molecule has 1 aromatic rings. The van der Waals surface area contributed by atoms with Crippen LogP contribution in [-0.4, -0.2) is 30.3 Å². The third kappa shape index (κ3) is 4.55. The van der Waals surface area contributed by atoms with Crippen LogP contribution in [0.1, 0.15) is 49.5 Å². The first-order valence-corrected chi connectivity index (χ1v) is 8.02. The number of carboxylic acids is 1. The Labute approximate surface area is 132 Å². The van der Waals surface area contributed by atoms with E-state index >= 15 is 0 Å². The van der Waals surface area contributed by atoms with Crippen LogP contribution in [-0.2, 0) is 11.3 Å². The van der Waals surface area contributed by atoms with Crippen LogP contribution >= 0.6 is 0 Å². The SMILES string of the molecule is CC(C)(C)C1OCCCC1CNCc1ccc(C(=O)O)cc1. The topological polar surface area (TPSA) is 58.6 Å². The Bertz CT molecular complexity index is 490. The van der Waals surface area contributed by atoms with Crippen LogP contribution in [0.4, 0.5) is 0 Å². The first-order chi connectivity index (χ1) is 10.4. The van der Waals surface area contributed by atoms with Gasteiger partial charge in [-0.1, -0.05) is 32.9 Å². The molecular weight excluding hydrogens is 278 g/mol. The van der Waals surface area contributed by atoms with E-state index in [1.54, 1.807) is 12.1 Å². The zero-order valence-corrected chi connectivity index (χ0v) is 13.8. The molecule has 1 fully saturated rings. The van der Waals surface area contributed by atoms with Crippen molar-refractivity contribution in [2.24, 2.45) is 11.3 Å². The van der Waals surface area contributed by atoms with E-state index in [0.29, 0.717) is 17.6 Å². The van der Waals surface area contributed by atoms with Crippen molar-refractivity contribution in [2.45, 2.75) is 46.3 Å². The van der Waals surface area contributed by atoms with Crippen LogP contribution in [0.3, 0.4) is 0 Å². The molecule has 0 amide bonds. The van der Waals surface area contributed by atoms with E-state index in [2.05, 4.69) is 26.1 Å². The fraction of sp³-hybridized carbons (Fsp3) is 0.611. The van der Waals surface area contributed by atoms with Crippen molar-refractivity contribution < 1.29 is 14.6 Å². The minimum atomic E-state index is -0.883. The highest BCUT2D eigenvalue weighted by Crippen LogP contribution is 2.33. The number of aromatic carboxylic acids is 1. The van der Waals surface area contributed by atoms with Crippen LogP contribution in [0.15, 0.2) is 24.3 Å². The van der Waals surface area contributed by atoms with E-state index in [4.69, 9.17) is 9.84 Å². The quantitative estimate of drug-likeness (QED) is 0.876. The molecule has 4 nitrogen and oxygen atoms in total. The Hall–Kier alpha value is -1.39. The van der Waals surface area contributed by atoms with Crippen molar-refractivity contribution >= 4 is 5.97 Å². The Morgan fingerprint density at radius 3 is 2.59 bits per heavy atom. The first-order valence-electron chi connectivity index (χ1n) is 8.02. The van der Waals surface area contributed by atoms with E-state index in [-0.39, 0.29) is 5.41 Å². The molecule has 22 heavy (non-hydrogen) atoms. The van der Waals surface area contributed by atoms with Gasteiger partial charge in [-0.3, -0.25) is 0 Å². The number of nitrogens with one attached hydrogen (secondary N) is 1. The fourth-order valence-electron chi connectivity index (χ4n) is 3.18. The maximum absolute atomic E-state index is 10.8. The minimum Gasteiger partial charge on any atom is -0.478 e. The Morgan fingerprint density at radius 2 is 2.00 bits per heavy atom. The molecule has 1 saturated heterocycles. The molecule has 0 spiro atoms. The second-order valence-corrected chi connectivity index (χ2v) is 7.19. The van der Waals surface area contributed by atoms with Gasteiger partial charge in [-0.2, -0.15) is 0 Å². The summed E-state index contributed by atoms with van der Waals surface area (Å²) in [7, 11) is 0. The molecular formula is C18H27NO3. The summed E-state index contributed by atoms with van der Waals surface area (Å²) in [6.45, 7) is 9.27. The number of ether oxygens (including phenoxy) is 1. The standard InChI is InChI=1S/C18H27NO3/c1-18(2,3)16-15(5-4-10-22-16)12-19-11-13-6-8-14(9-7-13)17(20)21/h6-9,15-16,19H,4-5,10-12H2,1-3H3,(H,20,21). The van der Waals surface area contributed by atoms with Crippen LogP contribution in [0, 0.1) is 11.3 Å². The summed E-state index contributed by atoms with van der Waals surface area (Å²) in [5, 5.41) is 12.4. The third-order valence-corrected chi connectivity index (χ3v) is 4.23. The Morgan fingerprint density at radius 1 is 1.32 bits per heavy atom. The number of hydrogen-bond donors (Lipinski definition) is 2. The van der Waals surface area contributed by atoms with Crippen molar-refractivity contribution in [1.29, 1.82) is 0 Å². The predicted molar refractivity (Wildman–Crippen MR) is 87.0 cm³/mol. The predicted octanol–water partition coefficient (Wildman–Crippen LogP) is 3.32. The molecule has 122 valence electrons. The van der Waals surface area contributed by atoms with Gasteiger partial charge in [0.15, 0.2) is 0 Å². The third-order valence-electron chi connectivity index (χ3n) is 4.23. The highest BCUT2D eigenvalue weighted by molar-refractivity contribution is 5.87. The molecule has 2 atom stereocenters. The zero-order valence-electron chi connectivity index (χ0n) is 13.8. The normalized spacial score (nSPS) is 22.5. The number of carboxylic acid groups (broad SMARTS) is 1. The number of benzene rings is 1. The van der Waals surface area contributed by atoms with Gasteiger partial charge in [0.05, 0.1) is 11.7 Å². The lowest BCUT2D eigenvalue weighted by molar-refractivity contribution is -0.0845. The van der Waals surface area contributed by atoms with E-state index in [0.717, 1.165) is 31.7 Å². The van der Waals surface area contributed by atoms with Gasteiger partial charge < -0.3 is 15.2 Å². The van der Waals surface area contributed by atoms with Crippen molar-refractivity contribution in [2.75, 3.05) is 13.2 Å². The van der Waals surface area contributed by atoms with Gasteiger partial charge in [0.1, 0.15) is 0 Å². The van der Waals surface area contributed by atoms with E-state index in [1.807, 2.05) is 12.1 Å². The molecule has 1 aliphatic rings. The average Bonchev–Trinajstić information content (AvgIpc) is 2.47. The summed E-state index contributed by atoms with van der Waals surface area (Å²) in [5.41, 5.74) is 1.60. The lowest BCUT2D eigenvalue weighted by atomic mass is 9.78. The van der Waals surface area contributed by atoms with Gasteiger partial charge in [-0.25, -0.2) is 4.79 Å². The lowest BCUT2D eigenvalue weighted by Gasteiger charge is -2.40. The maximum Gasteiger partial charge on any atom is 0.335 e. The van der Waals surface area contributed by atoms with Gasteiger partial charge in [0.25, 0.3) is 0 Å². The lowest BCUT2D eigenvalue weighted by Crippen LogP contribution is -2.44. The van der Waals surface area contributed by atoms with Crippen molar-refractivity contribution in [3.05, 3.63) is 35.4 Å². The minimum absolute atomic E-state index is 0.163. The second kappa shape index (κ2) is 7.25. The molecule has 1 aliphatic heterocycles. The Kier molecular flexibility index (Phi) is 5.59. The van der Waals surface area contributed by atoms with Crippen molar-refractivity contribution in [3.8, 4) is 0 Å². The summed E-state index contributed by atoms with van der Waals surface area (Å²) in [6, 6.07) is 7.05. The number of rotatable bonds is 5. The van der Waals surface area contributed by atoms with Crippen LogP contribution in [0.25, 0.3) is 0 Å². The summed E-state index contributed by atoms with van der Waals surface area (Å²) < 4.78 is 5.99. The van der Waals surface area contributed by atoms with Gasteiger partial charge >= 0.3 is 5.97 Å². The van der Waals surface area contributed by atoms with E-state index in [1.165, 1.54) is 6.42 Å². The molecule has 1 heterocycles. The summed E-state index contributed by atoms with van der Waals surface area (Å²) in [5.74, 6) is -0.348. The maximum atomic E-state index is 10.8. The van der Waals surface area contributed by atoms with Crippen molar-refractivity contribution in [1.82, 2.24) is 5.32 Å². The molecule has 2 N–H and O–H groups in total.